The van der Waals surface area contributed by atoms with Crippen molar-refractivity contribution in [2.24, 2.45) is 5.41 Å². The molecule has 1 aromatic heterocycles. The number of amides is 1. The lowest BCUT2D eigenvalue weighted by Crippen LogP contribution is -2.39. The topological polar surface area (TPSA) is 54.7 Å². The first-order valence-electron chi connectivity index (χ1n) is 8.15. The van der Waals surface area contributed by atoms with Crippen LogP contribution in [0.4, 0.5) is 4.39 Å². The molecule has 25 heavy (non-hydrogen) atoms. The molecular weight excluding hydrogens is 323 g/mol. The van der Waals surface area contributed by atoms with Gasteiger partial charge in [-0.2, -0.15) is 0 Å². The highest BCUT2D eigenvalue weighted by Crippen LogP contribution is 2.17. The lowest BCUT2D eigenvalue weighted by atomic mass is 9.93. The molecule has 0 unspecified atom stereocenters. The third kappa shape index (κ3) is 6.23. The number of carbonyl (C=O) groups excluding carboxylic acids is 1. The van der Waals surface area contributed by atoms with Crippen LogP contribution in [0.1, 0.15) is 30.2 Å². The summed E-state index contributed by atoms with van der Waals surface area (Å²) < 4.78 is 23.9. The predicted molar refractivity (Wildman–Crippen MR) is 94.1 cm³/mol. The summed E-state index contributed by atoms with van der Waals surface area (Å²) in [7, 11) is 4.01. The Morgan fingerprint density at radius 3 is 2.52 bits per heavy atom. The summed E-state index contributed by atoms with van der Waals surface area (Å²) >= 11 is 0. The molecule has 0 bridgehead atoms. The minimum absolute atomic E-state index is 0.0414. The van der Waals surface area contributed by atoms with Gasteiger partial charge in [0.2, 0.25) is 0 Å². The molecule has 0 spiro atoms. The molecular formula is C19H25FN2O3. The Balaban J connectivity index is 1.85. The molecule has 0 saturated carbocycles. The van der Waals surface area contributed by atoms with Gasteiger partial charge >= 0.3 is 0 Å². The van der Waals surface area contributed by atoms with Crippen LogP contribution >= 0.6 is 0 Å². The molecule has 2 aromatic rings. The van der Waals surface area contributed by atoms with Crippen LogP contribution in [-0.2, 0) is 6.61 Å². The average molecular weight is 348 g/mol. The smallest absolute Gasteiger partial charge is 0.287 e. The average Bonchev–Trinajstić information content (AvgIpc) is 3.00. The first-order valence-corrected chi connectivity index (χ1v) is 8.15. The lowest BCUT2D eigenvalue weighted by Gasteiger charge is -2.28. The van der Waals surface area contributed by atoms with Crippen LogP contribution in [0.5, 0.6) is 5.75 Å². The van der Waals surface area contributed by atoms with E-state index in [-0.39, 0.29) is 29.5 Å². The minimum atomic E-state index is -0.318. The molecule has 0 radical (unpaired) electrons. The zero-order valence-corrected chi connectivity index (χ0v) is 15.1. The number of ether oxygens (including phenoxy) is 1. The van der Waals surface area contributed by atoms with Gasteiger partial charge in [0.05, 0.1) is 0 Å². The highest BCUT2D eigenvalue weighted by atomic mass is 19.1. The molecule has 0 aliphatic carbocycles. The van der Waals surface area contributed by atoms with Crippen molar-refractivity contribution < 1.29 is 18.3 Å². The van der Waals surface area contributed by atoms with Crippen LogP contribution in [0.3, 0.4) is 0 Å². The summed E-state index contributed by atoms with van der Waals surface area (Å²) in [4.78, 5) is 14.3. The van der Waals surface area contributed by atoms with Crippen LogP contribution < -0.4 is 10.1 Å². The molecule has 0 atom stereocenters. The molecule has 0 saturated heterocycles. The summed E-state index contributed by atoms with van der Waals surface area (Å²) in [6, 6.07) is 9.05. The van der Waals surface area contributed by atoms with Crippen molar-refractivity contribution in [3.63, 3.8) is 0 Å². The van der Waals surface area contributed by atoms with E-state index in [0.29, 0.717) is 18.1 Å². The van der Waals surface area contributed by atoms with E-state index in [2.05, 4.69) is 24.1 Å². The van der Waals surface area contributed by atoms with Crippen molar-refractivity contribution >= 4 is 5.91 Å². The van der Waals surface area contributed by atoms with E-state index < -0.39 is 0 Å². The second-order valence-electron chi connectivity index (χ2n) is 7.09. The zero-order valence-electron chi connectivity index (χ0n) is 15.1. The molecule has 0 aliphatic rings. The summed E-state index contributed by atoms with van der Waals surface area (Å²) in [6.45, 7) is 5.77. The van der Waals surface area contributed by atoms with Crippen molar-refractivity contribution in [3.05, 3.63) is 53.7 Å². The number of nitrogens with one attached hydrogen (secondary N) is 1. The number of hydrogen-bond donors (Lipinski definition) is 1. The van der Waals surface area contributed by atoms with E-state index in [4.69, 9.17) is 9.15 Å². The van der Waals surface area contributed by atoms with Crippen LogP contribution in [0.25, 0.3) is 0 Å². The Morgan fingerprint density at radius 1 is 1.20 bits per heavy atom. The van der Waals surface area contributed by atoms with E-state index in [1.165, 1.54) is 12.1 Å². The third-order valence-electron chi connectivity index (χ3n) is 3.55. The number of rotatable bonds is 8. The third-order valence-corrected chi connectivity index (χ3v) is 3.55. The first-order chi connectivity index (χ1) is 11.7. The van der Waals surface area contributed by atoms with Crippen LogP contribution in [-0.4, -0.2) is 38.0 Å². The molecule has 1 heterocycles. The van der Waals surface area contributed by atoms with Gasteiger partial charge in [-0.1, -0.05) is 13.8 Å². The van der Waals surface area contributed by atoms with Crippen LogP contribution in [0.15, 0.2) is 40.8 Å². The Hall–Kier alpha value is -2.34. The van der Waals surface area contributed by atoms with Gasteiger partial charge in [-0.05, 0) is 55.9 Å². The van der Waals surface area contributed by atoms with Crippen molar-refractivity contribution in [1.82, 2.24) is 10.2 Å². The number of benzene rings is 1. The second-order valence-corrected chi connectivity index (χ2v) is 7.09. The maximum absolute atomic E-state index is 12.8. The monoisotopic (exact) mass is 348 g/mol. The Morgan fingerprint density at radius 2 is 1.88 bits per heavy atom. The highest BCUT2D eigenvalue weighted by Gasteiger charge is 2.21. The molecule has 1 N–H and O–H groups in total. The van der Waals surface area contributed by atoms with Gasteiger partial charge in [0.25, 0.3) is 5.91 Å². The van der Waals surface area contributed by atoms with E-state index in [1.54, 1.807) is 24.3 Å². The number of nitrogens with zero attached hydrogens (tertiary/aromatic N) is 1. The standard InChI is InChI=1S/C19H25FN2O3/c1-19(2,13-22(3)4)12-21-18(23)17-10-9-16(25-17)11-24-15-7-5-14(20)6-8-15/h5-10H,11-13H2,1-4H3,(H,21,23). The number of hydrogen-bond acceptors (Lipinski definition) is 4. The van der Waals surface area contributed by atoms with Gasteiger partial charge in [0, 0.05) is 13.1 Å². The maximum Gasteiger partial charge on any atom is 0.287 e. The van der Waals surface area contributed by atoms with Crippen molar-refractivity contribution in [1.29, 1.82) is 0 Å². The normalized spacial score (nSPS) is 11.6. The van der Waals surface area contributed by atoms with Gasteiger partial charge in [-0.15, -0.1) is 0 Å². The van der Waals surface area contributed by atoms with Crippen molar-refractivity contribution in [2.75, 3.05) is 27.2 Å². The van der Waals surface area contributed by atoms with Gasteiger partial charge in [0.1, 0.15) is 23.9 Å². The molecule has 0 fully saturated rings. The maximum atomic E-state index is 12.8. The molecule has 2 rings (SSSR count). The predicted octanol–water partition coefficient (Wildman–Crippen LogP) is 3.32. The quantitative estimate of drug-likeness (QED) is 0.795. The van der Waals surface area contributed by atoms with Crippen molar-refractivity contribution in [3.8, 4) is 5.75 Å². The second kappa shape index (κ2) is 8.16. The number of furan rings is 1. The lowest BCUT2D eigenvalue weighted by molar-refractivity contribution is 0.0897. The Labute approximate surface area is 147 Å². The molecule has 136 valence electrons. The SMILES string of the molecule is CN(C)CC(C)(C)CNC(=O)c1ccc(COc2ccc(F)cc2)o1. The van der Waals surface area contributed by atoms with Gasteiger partial charge in [0.15, 0.2) is 5.76 Å². The van der Waals surface area contributed by atoms with Crippen molar-refractivity contribution in [2.45, 2.75) is 20.5 Å². The fraction of sp³-hybridized carbons (Fsp3) is 0.421. The minimum Gasteiger partial charge on any atom is -0.486 e. The molecule has 5 nitrogen and oxygen atoms in total. The Bertz CT molecular complexity index is 693. The van der Waals surface area contributed by atoms with Gasteiger partial charge in [-0.25, -0.2) is 4.39 Å². The summed E-state index contributed by atoms with van der Waals surface area (Å²) in [6.07, 6.45) is 0. The number of carbonyl (C=O) groups is 1. The Kier molecular flexibility index (Phi) is 6.20. The summed E-state index contributed by atoms with van der Waals surface area (Å²) in [5.74, 6) is 0.746. The van der Waals surface area contributed by atoms with E-state index >= 15 is 0 Å². The van der Waals surface area contributed by atoms with Gasteiger partial charge < -0.3 is 19.4 Å². The highest BCUT2D eigenvalue weighted by molar-refractivity contribution is 5.91. The zero-order chi connectivity index (χ0) is 18.4. The molecule has 1 amide bonds. The fourth-order valence-corrected chi connectivity index (χ4v) is 2.58. The van der Waals surface area contributed by atoms with Crippen LogP contribution in [0, 0.1) is 11.2 Å². The largest absolute Gasteiger partial charge is 0.486 e. The molecule has 0 aliphatic heterocycles. The fourth-order valence-electron chi connectivity index (χ4n) is 2.58. The van der Waals surface area contributed by atoms with E-state index in [0.717, 1.165) is 6.54 Å². The summed E-state index contributed by atoms with van der Waals surface area (Å²) in [5, 5.41) is 2.90. The molecule has 1 aromatic carbocycles. The van der Waals surface area contributed by atoms with E-state index in [1.807, 2.05) is 14.1 Å². The number of halogens is 1. The summed E-state index contributed by atoms with van der Waals surface area (Å²) in [5.41, 5.74) is -0.0414. The van der Waals surface area contributed by atoms with Crippen LogP contribution in [0.2, 0.25) is 0 Å². The molecule has 6 heteroatoms. The first kappa shape index (κ1) is 19.0. The van der Waals surface area contributed by atoms with E-state index in [9.17, 15) is 9.18 Å². The van der Waals surface area contributed by atoms with Gasteiger partial charge in [-0.3, -0.25) is 4.79 Å².